The highest BCUT2D eigenvalue weighted by atomic mass is 16.5. The fraction of sp³-hybridized carbons (Fsp3) is 0.923. The number of carbonyl (C=O) groups excluding carboxylic acids is 1. The van der Waals surface area contributed by atoms with Gasteiger partial charge in [-0.1, -0.05) is 13.8 Å². The van der Waals surface area contributed by atoms with Gasteiger partial charge < -0.3 is 19.1 Å². The molecule has 0 unspecified atom stereocenters. The first-order valence-corrected chi connectivity index (χ1v) is 6.57. The van der Waals surface area contributed by atoms with Gasteiger partial charge in [0.05, 0.1) is 33.0 Å². The van der Waals surface area contributed by atoms with Gasteiger partial charge in [0.1, 0.15) is 0 Å². The molecule has 0 saturated heterocycles. The van der Waals surface area contributed by atoms with Gasteiger partial charge in [-0.05, 0) is 6.92 Å². The molecule has 108 valence electrons. The molecule has 0 aromatic rings. The molecule has 0 heterocycles. The van der Waals surface area contributed by atoms with Gasteiger partial charge in [0.25, 0.3) is 0 Å². The standard InChI is InChI=1S/C13H27NO4/c1-5-16-8-9-18-11-10-17-7-6-14(4)13(15)12(2)3/h12H,5-11H2,1-4H3. The zero-order valence-electron chi connectivity index (χ0n) is 12.1. The summed E-state index contributed by atoms with van der Waals surface area (Å²) >= 11 is 0. The van der Waals surface area contributed by atoms with Crippen molar-refractivity contribution in [3.8, 4) is 0 Å². The third kappa shape index (κ3) is 9.39. The minimum Gasteiger partial charge on any atom is -0.379 e. The molecule has 0 aliphatic heterocycles. The number of hydrogen-bond donors (Lipinski definition) is 0. The molecule has 1 amide bonds. The van der Waals surface area contributed by atoms with Crippen molar-refractivity contribution >= 4 is 5.91 Å². The maximum absolute atomic E-state index is 11.5. The molecule has 18 heavy (non-hydrogen) atoms. The SMILES string of the molecule is CCOCCOCCOCCN(C)C(=O)C(C)C. The minimum absolute atomic E-state index is 0.0388. The summed E-state index contributed by atoms with van der Waals surface area (Å²) in [6.07, 6.45) is 0. The van der Waals surface area contributed by atoms with E-state index in [0.717, 1.165) is 6.61 Å². The fourth-order valence-electron chi connectivity index (χ4n) is 1.34. The van der Waals surface area contributed by atoms with Crippen LogP contribution in [0, 0.1) is 5.92 Å². The molecule has 0 aromatic carbocycles. The van der Waals surface area contributed by atoms with Gasteiger partial charge in [-0.25, -0.2) is 0 Å². The van der Waals surface area contributed by atoms with Crippen molar-refractivity contribution in [3.05, 3.63) is 0 Å². The molecular formula is C13H27NO4. The smallest absolute Gasteiger partial charge is 0.224 e. The Labute approximate surface area is 110 Å². The zero-order valence-corrected chi connectivity index (χ0v) is 12.1. The number of likely N-dealkylation sites (N-methyl/N-ethyl adjacent to an activating group) is 1. The van der Waals surface area contributed by atoms with E-state index in [9.17, 15) is 4.79 Å². The summed E-state index contributed by atoms with van der Waals surface area (Å²) < 4.78 is 15.8. The van der Waals surface area contributed by atoms with E-state index in [-0.39, 0.29) is 11.8 Å². The number of nitrogens with zero attached hydrogens (tertiary/aromatic N) is 1. The van der Waals surface area contributed by atoms with E-state index in [1.807, 2.05) is 20.8 Å². The third-order valence-electron chi connectivity index (χ3n) is 2.39. The molecule has 0 atom stereocenters. The monoisotopic (exact) mass is 261 g/mol. The Balaban J connectivity index is 3.27. The Morgan fingerprint density at radius 3 is 2.00 bits per heavy atom. The first kappa shape index (κ1) is 17.4. The highest BCUT2D eigenvalue weighted by Crippen LogP contribution is 1.98. The van der Waals surface area contributed by atoms with E-state index in [1.54, 1.807) is 11.9 Å². The van der Waals surface area contributed by atoms with Gasteiger partial charge in [0, 0.05) is 26.1 Å². The topological polar surface area (TPSA) is 48.0 Å². The van der Waals surface area contributed by atoms with Crippen molar-refractivity contribution in [1.82, 2.24) is 4.90 Å². The molecule has 0 aliphatic rings. The molecule has 0 fully saturated rings. The minimum atomic E-state index is 0.0388. The number of rotatable bonds is 11. The van der Waals surface area contributed by atoms with Crippen LogP contribution in [0.5, 0.6) is 0 Å². The van der Waals surface area contributed by atoms with Gasteiger partial charge >= 0.3 is 0 Å². The summed E-state index contributed by atoms with van der Waals surface area (Å²) in [4.78, 5) is 13.2. The number of amides is 1. The van der Waals surface area contributed by atoms with Crippen molar-refractivity contribution in [2.75, 3.05) is 53.2 Å². The van der Waals surface area contributed by atoms with E-state index >= 15 is 0 Å². The summed E-state index contributed by atoms with van der Waals surface area (Å²) in [5.41, 5.74) is 0. The van der Waals surface area contributed by atoms with E-state index < -0.39 is 0 Å². The van der Waals surface area contributed by atoms with Crippen LogP contribution in [0.3, 0.4) is 0 Å². The normalized spacial score (nSPS) is 10.9. The Morgan fingerprint density at radius 2 is 1.50 bits per heavy atom. The molecule has 0 rings (SSSR count). The molecule has 0 radical (unpaired) electrons. The Hall–Kier alpha value is -0.650. The molecule has 0 N–H and O–H groups in total. The lowest BCUT2D eigenvalue weighted by Crippen LogP contribution is -2.33. The lowest BCUT2D eigenvalue weighted by atomic mass is 10.2. The van der Waals surface area contributed by atoms with Crippen molar-refractivity contribution in [2.45, 2.75) is 20.8 Å². The Morgan fingerprint density at radius 1 is 1.00 bits per heavy atom. The summed E-state index contributed by atoms with van der Waals surface area (Å²) in [6.45, 7) is 9.97. The van der Waals surface area contributed by atoms with Gasteiger partial charge in [-0.3, -0.25) is 4.79 Å². The van der Waals surface area contributed by atoms with Crippen LogP contribution in [0.1, 0.15) is 20.8 Å². The van der Waals surface area contributed by atoms with Crippen LogP contribution in [0.25, 0.3) is 0 Å². The van der Waals surface area contributed by atoms with Crippen molar-refractivity contribution in [3.63, 3.8) is 0 Å². The average molecular weight is 261 g/mol. The quantitative estimate of drug-likeness (QED) is 0.524. The van der Waals surface area contributed by atoms with E-state index in [2.05, 4.69) is 0 Å². The van der Waals surface area contributed by atoms with Gasteiger partial charge in [-0.15, -0.1) is 0 Å². The molecule has 0 aliphatic carbocycles. The summed E-state index contributed by atoms with van der Waals surface area (Å²) in [7, 11) is 1.80. The summed E-state index contributed by atoms with van der Waals surface area (Å²) in [5.74, 6) is 0.184. The number of ether oxygens (including phenoxy) is 3. The van der Waals surface area contributed by atoms with E-state index in [0.29, 0.717) is 39.6 Å². The molecule has 5 nitrogen and oxygen atoms in total. The van der Waals surface area contributed by atoms with Gasteiger partial charge in [0.15, 0.2) is 0 Å². The molecule has 5 heteroatoms. The van der Waals surface area contributed by atoms with Crippen molar-refractivity contribution in [1.29, 1.82) is 0 Å². The van der Waals surface area contributed by atoms with E-state index in [1.165, 1.54) is 0 Å². The Kier molecular flexibility index (Phi) is 11.0. The first-order valence-electron chi connectivity index (χ1n) is 6.57. The van der Waals surface area contributed by atoms with Crippen molar-refractivity contribution < 1.29 is 19.0 Å². The van der Waals surface area contributed by atoms with E-state index in [4.69, 9.17) is 14.2 Å². The maximum atomic E-state index is 11.5. The lowest BCUT2D eigenvalue weighted by molar-refractivity contribution is -0.133. The van der Waals surface area contributed by atoms with Crippen LogP contribution in [0.2, 0.25) is 0 Å². The van der Waals surface area contributed by atoms with Crippen LogP contribution in [0.4, 0.5) is 0 Å². The van der Waals surface area contributed by atoms with Crippen LogP contribution >= 0.6 is 0 Å². The second-order valence-corrected chi connectivity index (χ2v) is 4.34. The molecule has 0 saturated carbocycles. The van der Waals surface area contributed by atoms with Gasteiger partial charge in [-0.2, -0.15) is 0 Å². The fourth-order valence-corrected chi connectivity index (χ4v) is 1.34. The first-order chi connectivity index (χ1) is 8.59. The summed E-state index contributed by atoms with van der Waals surface area (Å²) in [6, 6.07) is 0. The molecule has 0 spiro atoms. The zero-order chi connectivity index (χ0) is 13.8. The predicted octanol–water partition coefficient (Wildman–Crippen LogP) is 1.17. The van der Waals surface area contributed by atoms with Crippen LogP contribution in [-0.2, 0) is 19.0 Å². The number of carbonyl (C=O) groups is 1. The van der Waals surface area contributed by atoms with Crippen LogP contribution < -0.4 is 0 Å². The highest BCUT2D eigenvalue weighted by molar-refractivity contribution is 5.77. The molecule has 0 aromatic heterocycles. The maximum Gasteiger partial charge on any atom is 0.224 e. The third-order valence-corrected chi connectivity index (χ3v) is 2.39. The van der Waals surface area contributed by atoms with Crippen molar-refractivity contribution in [2.24, 2.45) is 5.92 Å². The van der Waals surface area contributed by atoms with Gasteiger partial charge in [0.2, 0.25) is 5.91 Å². The highest BCUT2D eigenvalue weighted by Gasteiger charge is 2.11. The molecule has 0 bridgehead atoms. The largest absolute Gasteiger partial charge is 0.379 e. The van der Waals surface area contributed by atoms with Crippen LogP contribution in [0.15, 0.2) is 0 Å². The lowest BCUT2D eigenvalue weighted by Gasteiger charge is -2.19. The predicted molar refractivity (Wildman–Crippen MR) is 70.6 cm³/mol. The van der Waals surface area contributed by atoms with Crippen LogP contribution in [-0.4, -0.2) is 64.0 Å². The number of hydrogen-bond acceptors (Lipinski definition) is 4. The Bertz CT molecular complexity index is 209. The second kappa shape index (κ2) is 11.4. The average Bonchev–Trinajstić information content (AvgIpc) is 2.35. The molecular weight excluding hydrogens is 234 g/mol. The summed E-state index contributed by atoms with van der Waals surface area (Å²) in [5, 5.41) is 0. The second-order valence-electron chi connectivity index (χ2n) is 4.34.